The van der Waals surface area contributed by atoms with Crippen molar-refractivity contribution in [2.45, 2.75) is 38.0 Å². The molecule has 0 saturated heterocycles. The van der Waals surface area contributed by atoms with Crippen molar-refractivity contribution in [3.8, 4) is 0 Å². The van der Waals surface area contributed by atoms with E-state index in [0.29, 0.717) is 6.54 Å². The highest BCUT2D eigenvalue weighted by Gasteiger charge is 2.30. The van der Waals surface area contributed by atoms with Crippen LogP contribution in [0.3, 0.4) is 0 Å². The molecule has 1 aliphatic rings. The molecule has 0 aromatic heterocycles. The molecule has 27 heavy (non-hydrogen) atoms. The monoisotopic (exact) mass is 377 g/mol. The number of aryl methyl sites for hydroxylation is 1. The van der Waals surface area contributed by atoms with Crippen molar-refractivity contribution in [1.82, 2.24) is 5.32 Å². The number of alkyl halides is 3. The van der Waals surface area contributed by atoms with Crippen molar-refractivity contribution in [3.05, 3.63) is 70.8 Å². The van der Waals surface area contributed by atoms with E-state index >= 15 is 0 Å². The highest BCUT2D eigenvalue weighted by atomic mass is 19.4. The lowest BCUT2D eigenvalue weighted by molar-refractivity contribution is -0.885. The largest absolute Gasteiger partial charge is 0.416 e. The highest BCUT2D eigenvalue weighted by Crippen LogP contribution is 2.30. The molecular weight excluding hydrogens is 353 g/mol. The average Bonchev–Trinajstić information content (AvgIpc) is 2.61. The summed E-state index contributed by atoms with van der Waals surface area (Å²) in [6.45, 7) is 0.770. The Morgan fingerprint density at radius 2 is 1.85 bits per heavy atom. The summed E-state index contributed by atoms with van der Waals surface area (Å²) in [5.41, 5.74) is 2.60. The van der Waals surface area contributed by atoms with E-state index in [4.69, 9.17) is 0 Å². The number of quaternary nitrogens is 1. The Labute approximate surface area is 157 Å². The van der Waals surface area contributed by atoms with Crippen LogP contribution in [0.1, 0.15) is 41.1 Å². The molecule has 0 radical (unpaired) electrons. The number of nitrogens with one attached hydrogen (secondary N) is 2. The number of amides is 1. The molecule has 2 N–H and O–H groups in total. The second-order valence-electron chi connectivity index (χ2n) is 7.22. The summed E-state index contributed by atoms with van der Waals surface area (Å²) >= 11 is 0. The number of likely N-dealkylation sites (N-methyl/N-ethyl adjacent to an activating group) is 1. The summed E-state index contributed by atoms with van der Waals surface area (Å²) in [6.07, 6.45) is -1.30. The van der Waals surface area contributed by atoms with E-state index in [1.54, 1.807) is 0 Å². The third-order valence-electron chi connectivity index (χ3n) is 4.95. The molecule has 3 rings (SSSR count). The third kappa shape index (κ3) is 5.10. The number of hydrogen-bond donors (Lipinski definition) is 2. The van der Waals surface area contributed by atoms with Crippen molar-refractivity contribution < 1.29 is 22.9 Å². The van der Waals surface area contributed by atoms with Crippen LogP contribution in [0.15, 0.2) is 48.5 Å². The molecule has 0 fully saturated rings. The van der Waals surface area contributed by atoms with Gasteiger partial charge in [-0.05, 0) is 42.5 Å². The first-order chi connectivity index (χ1) is 12.8. The smallest absolute Gasteiger partial charge is 0.344 e. The molecule has 1 aliphatic carbocycles. The lowest BCUT2D eigenvalue weighted by Crippen LogP contribution is -3.08. The van der Waals surface area contributed by atoms with Gasteiger partial charge in [0, 0.05) is 5.56 Å². The number of hydrogen-bond acceptors (Lipinski definition) is 1. The van der Waals surface area contributed by atoms with Gasteiger partial charge in [0.15, 0.2) is 6.54 Å². The van der Waals surface area contributed by atoms with Crippen LogP contribution in [0.25, 0.3) is 0 Å². The Bertz CT molecular complexity index is 787. The maximum Gasteiger partial charge on any atom is 0.416 e. The minimum absolute atomic E-state index is 0.0406. The van der Waals surface area contributed by atoms with E-state index < -0.39 is 11.7 Å². The molecule has 0 spiro atoms. The Morgan fingerprint density at radius 1 is 1.15 bits per heavy atom. The predicted molar refractivity (Wildman–Crippen MR) is 97.2 cm³/mol. The fraction of sp³-hybridized carbons (Fsp3) is 0.381. The van der Waals surface area contributed by atoms with Crippen LogP contribution in [0, 0.1) is 0 Å². The minimum Gasteiger partial charge on any atom is -0.344 e. The lowest BCUT2D eigenvalue weighted by atomic mass is 9.88. The zero-order chi connectivity index (χ0) is 19.4. The van der Waals surface area contributed by atoms with Crippen LogP contribution in [0.4, 0.5) is 13.2 Å². The molecule has 0 aliphatic heterocycles. The van der Waals surface area contributed by atoms with Gasteiger partial charge in [-0.2, -0.15) is 13.2 Å². The van der Waals surface area contributed by atoms with Crippen LogP contribution in [0.5, 0.6) is 0 Å². The predicted octanol–water partition coefficient (Wildman–Crippen LogP) is 2.91. The van der Waals surface area contributed by atoms with Gasteiger partial charge in [-0.15, -0.1) is 0 Å². The SMILES string of the molecule is C[NH+](CC(=O)N[C@H]1CCCc2ccccc21)Cc1ccc(C(F)(F)F)cc1. The van der Waals surface area contributed by atoms with Gasteiger partial charge in [0.1, 0.15) is 6.54 Å². The molecule has 0 heterocycles. The van der Waals surface area contributed by atoms with Gasteiger partial charge in [0.2, 0.25) is 0 Å². The highest BCUT2D eigenvalue weighted by molar-refractivity contribution is 5.77. The zero-order valence-corrected chi connectivity index (χ0v) is 15.3. The molecule has 2 aromatic carbocycles. The number of halogens is 3. The van der Waals surface area contributed by atoms with Gasteiger partial charge in [-0.3, -0.25) is 4.79 Å². The van der Waals surface area contributed by atoms with Crippen LogP contribution in [-0.4, -0.2) is 19.5 Å². The second-order valence-corrected chi connectivity index (χ2v) is 7.22. The van der Waals surface area contributed by atoms with Crippen molar-refractivity contribution in [3.63, 3.8) is 0 Å². The quantitative estimate of drug-likeness (QED) is 0.826. The zero-order valence-electron chi connectivity index (χ0n) is 15.3. The van der Waals surface area contributed by atoms with E-state index in [2.05, 4.69) is 17.4 Å². The summed E-state index contributed by atoms with van der Waals surface area (Å²) in [4.78, 5) is 13.4. The third-order valence-corrected chi connectivity index (χ3v) is 4.95. The Morgan fingerprint density at radius 3 is 2.56 bits per heavy atom. The number of carbonyl (C=O) groups is 1. The van der Waals surface area contributed by atoms with Gasteiger partial charge in [-0.25, -0.2) is 0 Å². The molecule has 6 heteroatoms. The van der Waals surface area contributed by atoms with E-state index in [1.807, 2.05) is 19.2 Å². The van der Waals surface area contributed by atoms with Gasteiger partial charge >= 0.3 is 6.18 Å². The number of fused-ring (bicyclic) bond motifs is 1. The second kappa shape index (κ2) is 8.13. The maximum atomic E-state index is 12.6. The summed E-state index contributed by atoms with van der Waals surface area (Å²) in [5, 5.41) is 3.11. The van der Waals surface area contributed by atoms with Gasteiger partial charge < -0.3 is 10.2 Å². The van der Waals surface area contributed by atoms with E-state index in [9.17, 15) is 18.0 Å². The first kappa shape index (κ1) is 19.4. The standard InChI is InChI=1S/C21H23F3N2O/c1-26(13-15-9-11-17(12-10-15)21(22,23)24)14-20(27)25-19-8-4-6-16-5-2-3-7-18(16)19/h2-3,5,7,9-12,19H,4,6,8,13-14H2,1H3,(H,25,27)/p+1/t19-/m0/s1. The number of carbonyl (C=O) groups excluding carboxylic acids is 1. The van der Waals surface area contributed by atoms with Crippen LogP contribution in [0.2, 0.25) is 0 Å². The normalized spacial score (nSPS) is 17.9. The molecule has 1 unspecified atom stereocenters. The van der Waals surface area contributed by atoms with Gasteiger partial charge in [-0.1, -0.05) is 36.4 Å². The first-order valence-electron chi connectivity index (χ1n) is 9.17. The minimum atomic E-state index is -4.33. The Kier molecular flexibility index (Phi) is 5.85. The maximum absolute atomic E-state index is 12.6. The van der Waals surface area contributed by atoms with Crippen molar-refractivity contribution >= 4 is 5.91 Å². The fourth-order valence-corrected chi connectivity index (χ4v) is 3.65. The Hall–Kier alpha value is -2.34. The van der Waals surface area contributed by atoms with Crippen LogP contribution in [-0.2, 0) is 23.9 Å². The molecule has 0 saturated carbocycles. The van der Waals surface area contributed by atoms with Crippen molar-refractivity contribution in [1.29, 1.82) is 0 Å². The summed E-state index contributed by atoms with van der Waals surface area (Å²) in [6, 6.07) is 13.3. The van der Waals surface area contributed by atoms with Crippen LogP contribution < -0.4 is 10.2 Å². The van der Waals surface area contributed by atoms with Crippen molar-refractivity contribution in [2.75, 3.05) is 13.6 Å². The lowest BCUT2D eigenvalue weighted by Gasteiger charge is -2.26. The van der Waals surface area contributed by atoms with Gasteiger partial charge in [0.05, 0.1) is 18.7 Å². The van der Waals surface area contributed by atoms with E-state index in [-0.39, 0.29) is 18.5 Å². The molecule has 144 valence electrons. The average molecular weight is 377 g/mol. The molecule has 0 bridgehead atoms. The summed E-state index contributed by atoms with van der Waals surface area (Å²) in [5.74, 6) is -0.0406. The topological polar surface area (TPSA) is 33.5 Å². The summed E-state index contributed by atoms with van der Waals surface area (Å²) in [7, 11) is 1.87. The molecular formula is C21H24F3N2O+. The van der Waals surface area contributed by atoms with Gasteiger partial charge in [0.25, 0.3) is 5.91 Å². The molecule has 2 atom stereocenters. The van der Waals surface area contributed by atoms with E-state index in [0.717, 1.165) is 41.9 Å². The first-order valence-corrected chi connectivity index (χ1v) is 9.17. The van der Waals surface area contributed by atoms with Crippen LogP contribution >= 0.6 is 0 Å². The number of rotatable bonds is 5. The van der Waals surface area contributed by atoms with Crippen molar-refractivity contribution in [2.24, 2.45) is 0 Å². The fourth-order valence-electron chi connectivity index (χ4n) is 3.65. The molecule has 2 aromatic rings. The van der Waals surface area contributed by atoms with E-state index in [1.165, 1.54) is 23.3 Å². The number of benzene rings is 2. The summed E-state index contributed by atoms with van der Waals surface area (Å²) < 4.78 is 37.9. The molecule has 1 amide bonds. The molecule has 3 nitrogen and oxygen atoms in total. The Balaban J connectivity index is 1.54.